The molecular formula is C10H6F2N2O2S2. The average Bonchev–Trinajstić information content (AvgIpc) is 2.89. The van der Waals surface area contributed by atoms with E-state index in [4.69, 9.17) is 0 Å². The van der Waals surface area contributed by atoms with Gasteiger partial charge >= 0.3 is 6.29 Å². The molecule has 1 aromatic heterocycles. The van der Waals surface area contributed by atoms with Gasteiger partial charge in [0.1, 0.15) is 0 Å². The van der Waals surface area contributed by atoms with Crippen LogP contribution in [0, 0.1) is 0 Å². The van der Waals surface area contributed by atoms with Crippen molar-refractivity contribution in [3.63, 3.8) is 0 Å². The summed E-state index contributed by atoms with van der Waals surface area (Å²) in [7, 11) is 0. The first-order valence-corrected chi connectivity index (χ1v) is 6.90. The fraction of sp³-hybridized carbons (Fsp3) is 0.200. The van der Waals surface area contributed by atoms with Crippen LogP contribution in [0.5, 0.6) is 11.5 Å². The molecule has 0 unspecified atom stereocenters. The van der Waals surface area contributed by atoms with Crippen LogP contribution in [0.3, 0.4) is 0 Å². The van der Waals surface area contributed by atoms with Crippen molar-refractivity contribution in [1.82, 2.24) is 10.2 Å². The molecule has 0 bridgehead atoms. The number of rotatable bonds is 2. The van der Waals surface area contributed by atoms with E-state index in [-0.39, 0.29) is 11.5 Å². The van der Waals surface area contributed by atoms with Gasteiger partial charge in [0.05, 0.1) is 5.56 Å². The minimum atomic E-state index is -3.62. The smallest absolute Gasteiger partial charge is 0.395 e. The fourth-order valence-corrected chi connectivity index (χ4v) is 2.83. The Hall–Kier alpha value is -1.41. The summed E-state index contributed by atoms with van der Waals surface area (Å²) >= 11 is 2.75. The van der Waals surface area contributed by atoms with E-state index in [1.807, 2.05) is 6.26 Å². The van der Waals surface area contributed by atoms with Crippen LogP contribution in [-0.4, -0.2) is 22.7 Å². The van der Waals surface area contributed by atoms with Crippen LogP contribution >= 0.6 is 23.1 Å². The highest BCUT2D eigenvalue weighted by Gasteiger charge is 2.44. The fourth-order valence-electron chi connectivity index (χ4n) is 1.54. The van der Waals surface area contributed by atoms with Crippen molar-refractivity contribution in [2.75, 3.05) is 6.26 Å². The molecule has 0 aliphatic carbocycles. The van der Waals surface area contributed by atoms with Crippen LogP contribution in [0.2, 0.25) is 0 Å². The Bertz CT molecular complexity index is 603. The Labute approximate surface area is 109 Å². The van der Waals surface area contributed by atoms with E-state index in [0.717, 1.165) is 4.34 Å². The number of halogens is 2. The minimum Gasteiger partial charge on any atom is -0.395 e. The standard InChI is InChI=1S/C10H6F2N2O2S2/c1-17-9-14-13-8(18-9)5-3-2-4-6-7(5)16-10(11,12)15-6/h2-4H,1H3. The molecule has 1 aromatic carbocycles. The number of nitrogens with zero attached hydrogens (tertiary/aromatic N) is 2. The summed E-state index contributed by atoms with van der Waals surface area (Å²) < 4.78 is 35.7. The molecule has 0 N–H and O–H groups in total. The van der Waals surface area contributed by atoms with Gasteiger partial charge in [-0.25, -0.2) is 0 Å². The maximum Gasteiger partial charge on any atom is 0.586 e. The van der Waals surface area contributed by atoms with E-state index in [0.29, 0.717) is 10.6 Å². The molecule has 2 heterocycles. The van der Waals surface area contributed by atoms with Gasteiger partial charge in [-0.05, 0) is 18.4 Å². The Kier molecular flexibility index (Phi) is 2.63. The molecule has 0 saturated carbocycles. The van der Waals surface area contributed by atoms with E-state index in [1.165, 1.54) is 29.2 Å². The molecule has 0 amide bonds. The predicted octanol–water partition coefficient (Wildman–Crippen LogP) is 3.25. The van der Waals surface area contributed by atoms with Crippen molar-refractivity contribution >= 4 is 23.1 Å². The summed E-state index contributed by atoms with van der Waals surface area (Å²) in [6.07, 6.45) is -1.75. The lowest BCUT2D eigenvalue weighted by Crippen LogP contribution is -2.26. The van der Waals surface area contributed by atoms with Gasteiger partial charge in [0.25, 0.3) is 0 Å². The third-order valence-electron chi connectivity index (χ3n) is 2.24. The number of alkyl halides is 2. The lowest BCUT2D eigenvalue weighted by atomic mass is 10.2. The summed E-state index contributed by atoms with van der Waals surface area (Å²) in [5, 5.41) is 8.40. The summed E-state index contributed by atoms with van der Waals surface area (Å²) in [5.74, 6) is 0.0182. The Balaban J connectivity index is 2.07. The first-order chi connectivity index (χ1) is 8.59. The second-order valence-corrected chi connectivity index (χ2v) is 5.41. The molecule has 3 rings (SSSR count). The highest BCUT2D eigenvalue weighted by molar-refractivity contribution is 8.00. The third kappa shape index (κ3) is 1.91. The molecule has 4 nitrogen and oxygen atoms in total. The molecule has 8 heteroatoms. The zero-order chi connectivity index (χ0) is 12.8. The van der Waals surface area contributed by atoms with E-state index in [2.05, 4.69) is 19.7 Å². The topological polar surface area (TPSA) is 44.2 Å². The number of hydrogen-bond acceptors (Lipinski definition) is 6. The molecule has 0 radical (unpaired) electrons. The molecule has 94 valence electrons. The molecule has 1 aliphatic rings. The number of aromatic nitrogens is 2. The first kappa shape index (κ1) is 11.7. The maximum atomic E-state index is 13.0. The lowest BCUT2D eigenvalue weighted by Gasteiger charge is -2.05. The first-order valence-electron chi connectivity index (χ1n) is 4.86. The molecule has 18 heavy (non-hydrogen) atoms. The molecule has 0 spiro atoms. The molecular weight excluding hydrogens is 282 g/mol. The molecule has 0 atom stereocenters. The molecule has 1 aliphatic heterocycles. The lowest BCUT2D eigenvalue weighted by molar-refractivity contribution is -0.286. The van der Waals surface area contributed by atoms with Gasteiger partial charge in [-0.15, -0.1) is 19.0 Å². The van der Waals surface area contributed by atoms with Crippen molar-refractivity contribution in [2.45, 2.75) is 10.6 Å². The van der Waals surface area contributed by atoms with Crippen LogP contribution in [0.15, 0.2) is 22.5 Å². The Morgan fingerprint density at radius 3 is 2.83 bits per heavy atom. The molecule has 2 aromatic rings. The molecule has 0 fully saturated rings. The quantitative estimate of drug-likeness (QED) is 0.794. The number of hydrogen-bond donors (Lipinski definition) is 0. The van der Waals surface area contributed by atoms with Gasteiger partial charge in [-0.2, -0.15) is 0 Å². The second kappa shape index (κ2) is 4.06. The SMILES string of the molecule is CSc1nnc(-c2cccc3c2OC(F)(F)O3)s1. The van der Waals surface area contributed by atoms with Crippen molar-refractivity contribution in [2.24, 2.45) is 0 Å². The predicted molar refractivity (Wildman–Crippen MR) is 63.3 cm³/mol. The summed E-state index contributed by atoms with van der Waals surface area (Å²) in [4.78, 5) is 0. The van der Waals surface area contributed by atoms with Gasteiger partial charge in [0.2, 0.25) is 0 Å². The number of para-hydroxylation sites is 1. The van der Waals surface area contributed by atoms with Crippen LogP contribution in [0.1, 0.15) is 0 Å². The normalized spacial score (nSPS) is 15.9. The summed E-state index contributed by atoms with van der Waals surface area (Å²) in [5.41, 5.74) is 0.461. The van der Waals surface area contributed by atoms with E-state index < -0.39 is 6.29 Å². The van der Waals surface area contributed by atoms with Crippen LogP contribution in [-0.2, 0) is 0 Å². The van der Waals surface area contributed by atoms with Crippen molar-refractivity contribution in [3.8, 4) is 22.1 Å². The van der Waals surface area contributed by atoms with Gasteiger partial charge < -0.3 is 9.47 Å². The number of fused-ring (bicyclic) bond motifs is 1. The highest BCUT2D eigenvalue weighted by Crippen LogP contribution is 2.47. The summed E-state index contributed by atoms with van der Waals surface area (Å²) in [6, 6.07) is 4.68. The Morgan fingerprint density at radius 2 is 2.11 bits per heavy atom. The minimum absolute atomic E-state index is 0.00584. The van der Waals surface area contributed by atoms with Crippen molar-refractivity contribution in [1.29, 1.82) is 0 Å². The monoisotopic (exact) mass is 288 g/mol. The Morgan fingerprint density at radius 1 is 1.28 bits per heavy atom. The number of thioether (sulfide) groups is 1. The zero-order valence-electron chi connectivity index (χ0n) is 9.02. The second-order valence-electron chi connectivity index (χ2n) is 3.38. The van der Waals surface area contributed by atoms with E-state index in [1.54, 1.807) is 12.1 Å². The van der Waals surface area contributed by atoms with Crippen molar-refractivity contribution < 1.29 is 18.3 Å². The maximum absolute atomic E-state index is 13.0. The molecule has 0 saturated heterocycles. The van der Waals surface area contributed by atoms with Crippen LogP contribution < -0.4 is 9.47 Å². The zero-order valence-corrected chi connectivity index (χ0v) is 10.6. The number of ether oxygens (including phenoxy) is 2. The highest BCUT2D eigenvalue weighted by atomic mass is 32.2. The van der Waals surface area contributed by atoms with E-state index in [9.17, 15) is 8.78 Å². The third-order valence-corrected chi connectivity index (χ3v) is 4.17. The van der Waals surface area contributed by atoms with Crippen LogP contribution in [0.25, 0.3) is 10.6 Å². The number of benzene rings is 1. The van der Waals surface area contributed by atoms with Gasteiger partial charge in [0.15, 0.2) is 20.8 Å². The van der Waals surface area contributed by atoms with E-state index >= 15 is 0 Å². The van der Waals surface area contributed by atoms with Gasteiger partial charge in [-0.3, -0.25) is 0 Å². The van der Waals surface area contributed by atoms with Crippen molar-refractivity contribution in [3.05, 3.63) is 18.2 Å². The average molecular weight is 288 g/mol. The van der Waals surface area contributed by atoms with Crippen LogP contribution in [0.4, 0.5) is 8.78 Å². The van der Waals surface area contributed by atoms with Gasteiger partial charge in [0, 0.05) is 0 Å². The largest absolute Gasteiger partial charge is 0.586 e. The van der Waals surface area contributed by atoms with Gasteiger partial charge in [-0.1, -0.05) is 29.2 Å². The summed E-state index contributed by atoms with van der Waals surface area (Å²) in [6.45, 7) is 0.